The molecule has 0 fully saturated rings. The summed E-state index contributed by atoms with van der Waals surface area (Å²) < 4.78 is 0. The number of carbonyl (C=O) groups excluding carboxylic acids is 2. The van der Waals surface area contributed by atoms with Gasteiger partial charge in [-0.3, -0.25) is 0 Å². The van der Waals surface area contributed by atoms with Gasteiger partial charge in [0, 0.05) is 0 Å². The van der Waals surface area contributed by atoms with E-state index >= 15 is 0 Å². The maximum atomic E-state index is 10.0. The predicted molar refractivity (Wildman–Crippen MR) is 58.1 cm³/mol. The third-order valence-corrected chi connectivity index (χ3v) is 1.78. The minimum Gasteiger partial charge on any atom is -0.545 e. The Hall–Kier alpha value is -1.58. The Balaban J connectivity index is 0. The Morgan fingerprint density at radius 1 is 1.19 bits per heavy atom. The predicted octanol–water partition coefficient (Wildman–Crippen LogP) is 0.185. The van der Waals surface area contributed by atoms with Crippen LogP contribution in [0.1, 0.15) is 40.0 Å². The monoisotopic (exact) mass is 226 g/mol. The molecule has 0 saturated heterocycles. The molecule has 0 N–H and O–H groups in total. The highest BCUT2D eigenvalue weighted by Crippen LogP contribution is 1.95. The number of unbranched alkanes of at least 4 members (excludes halogenated alkanes) is 1. The Kier molecular flexibility index (Phi) is 10.5. The molecule has 0 bridgehead atoms. The topological polar surface area (TPSA) is 80.3 Å². The summed E-state index contributed by atoms with van der Waals surface area (Å²) in [4.78, 5) is 19.7. The van der Waals surface area contributed by atoms with Gasteiger partial charge < -0.3 is 19.8 Å². The molecule has 0 aromatic rings. The van der Waals surface area contributed by atoms with Gasteiger partial charge in [0.1, 0.15) is 0 Å². The van der Waals surface area contributed by atoms with Crippen molar-refractivity contribution >= 4 is 11.9 Å². The van der Waals surface area contributed by atoms with Gasteiger partial charge in [-0.15, -0.1) is 0 Å². The Morgan fingerprint density at radius 2 is 1.69 bits per heavy atom. The first-order valence-corrected chi connectivity index (χ1v) is 5.13. The average molecular weight is 226 g/mol. The second-order valence-electron chi connectivity index (χ2n) is 3.21. The van der Waals surface area contributed by atoms with Crippen LogP contribution in [0.15, 0.2) is 23.8 Å². The van der Waals surface area contributed by atoms with Crippen LogP contribution in [0.3, 0.4) is 0 Å². The van der Waals surface area contributed by atoms with E-state index in [1.54, 1.807) is 19.9 Å². The molecule has 0 heterocycles. The van der Waals surface area contributed by atoms with Crippen molar-refractivity contribution in [2.75, 3.05) is 0 Å². The van der Waals surface area contributed by atoms with E-state index < -0.39 is 11.9 Å². The molecule has 0 aromatic heterocycles. The maximum absolute atomic E-state index is 10.0. The molecule has 0 aliphatic rings. The third kappa shape index (κ3) is 10.5. The second kappa shape index (κ2) is 9.96. The van der Waals surface area contributed by atoms with Gasteiger partial charge in [-0.05, 0) is 30.9 Å². The highest BCUT2D eigenvalue weighted by atomic mass is 16.4. The molecule has 0 spiro atoms. The molecular weight excluding hydrogens is 208 g/mol. The van der Waals surface area contributed by atoms with Gasteiger partial charge in [0.05, 0.1) is 11.9 Å². The Morgan fingerprint density at radius 3 is 1.88 bits per heavy atom. The van der Waals surface area contributed by atoms with Crippen LogP contribution in [0.2, 0.25) is 0 Å². The van der Waals surface area contributed by atoms with E-state index in [1.807, 2.05) is 6.92 Å². The third-order valence-electron chi connectivity index (χ3n) is 1.78. The Labute approximate surface area is 96.3 Å². The molecule has 0 unspecified atom stereocenters. The van der Waals surface area contributed by atoms with Crippen molar-refractivity contribution in [2.45, 2.75) is 40.0 Å². The summed E-state index contributed by atoms with van der Waals surface area (Å²) in [6, 6.07) is 0. The quantitative estimate of drug-likeness (QED) is 0.626. The number of carboxylic acid groups (broad SMARTS) is 2. The van der Waals surface area contributed by atoms with Crippen molar-refractivity contribution in [3.63, 3.8) is 0 Å². The summed E-state index contributed by atoms with van der Waals surface area (Å²) in [6.07, 6.45) is 3.93. The van der Waals surface area contributed by atoms with E-state index in [0.717, 1.165) is 12.8 Å². The molecule has 16 heavy (non-hydrogen) atoms. The van der Waals surface area contributed by atoms with Crippen LogP contribution in [0, 0.1) is 0 Å². The van der Waals surface area contributed by atoms with Gasteiger partial charge in [0.25, 0.3) is 0 Å². The molecule has 0 saturated carbocycles. The van der Waals surface area contributed by atoms with Crippen LogP contribution in [-0.4, -0.2) is 11.9 Å². The normalized spacial score (nSPS) is 10.1. The van der Waals surface area contributed by atoms with Crippen LogP contribution >= 0.6 is 0 Å². The van der Waals surface area contributed by atoms with Crippen LogP contribution in [-0.2, 0) is 9.59 Å². The SMILES string of the molecule is C=C(CC)C(=O)[O-].CCC/C=C(\C)C(=O)[O-]. The highest BCUT2D eigenvalue weighted by Gasteiger charge is 1.85. The van der Waals surface area contributed by atoms with E-state index in [0.29, 0.717) is 12.0 Å². The number of rotatable bonds is 5. The first-order chi connectivity index (χ1) is 7.36. The lowest BCUT2D eigenvalue weighted by Crippen LogP contribution is -2.23. The van der Waals surface area contributed by atoms with Crippen molar-refractivity contribution in [3.05, 3.63) is 23.8 Å². The van der Waals surface area contributed by atoms with Crippen molar-refractivity contribution in [2.24, 2.45) is 0 Å². The molecule has 0 aromatic carbocycles. The summed E-state index contributed by atoms with van der Waals surface area (Å²) in [5, 5.41) is 19.7. The smallest absolute Gasteiger partial charge is 0.0668 e. The van der Waals surface area contributed by atoms with Gasteiger partial charge in [-0.1, -0.05) is 32.9 Å². The van der Waals surface area contributed by atoms with Crippen molar-refractivity contribution in [1.82, 2.24) is 0 Å². The number of hydrogen-bond donors (Lipinski definition) is 0. The molecular formula is C12H18O4-2. The van der Waals surface area contributed by atoms with Crippen LogP contribution in [0.25, 0.3) is 0 Å². The molecule has 0 amide bonds. The largest absolute Gasteiger partial charge is 0.545 e. The fourth-order valence-corrected chi connectivity index (χ4v) is 0.589. The minimum absolute atomic E-state index is 0.153. The van der Waals surface area contributed by atoms with Gasteiger partial charge in [-0.25, -0.2) is 0 Å². The van der Waals surface area contributed by atoms with Gasteiger partial charge >= 0.3 is 0 Å². The molecule has 4 heteroatoms. The Bertz CT molecular complexity index is 277. The van der Waals surface area contributed by atoms with Crippen LogP contribution in [0.4, 0.5) is 0 Å². The summed E-state index contributed by atoms with van der Waals surface area (Å²) in [5.41, 5.74) is 0.483. The van der Waals surface area contributed by atoms with Gasteiger partial charge in [-0.2, -0.15) is 0 Å². The molecule has 0 aliphatic heterocycles. The standard InChI is InChI=1S/C7H12O2.C5H8O2/c1-3-4-5-6(2)7(8)9;1-3-4(2)5(6)7/h5H,3-4H2,1-2H3,(H,8,9);2-3H2,1H3,(H,6,7)/p-2/b6-5+;. The zero-order chi connectivity index (χ0) is 13.1. The van der Waals surface area contributed by atoms with E-state index in [2.05, 4.69) is 6.58 Å². The van der Waals surface area contributed by atoms with E-state index in [9.17, 15) is 19.8 Å². The van der Waals surface area contributed by atoms with Gasteiger partial charge in [0.15, 0.2) is 0 Å². The summed E-state index contributed by atoms with van der Waals surface area (Å²) in [7, 11) is 0. The van der Waals surface area contributed by atoms with E-state index in [1.165, 1.54) is 0 Å². The number of aliphatic carboxylic acids is 2. The maximum Gasteiger partial charge on any atom is 0.0668 e. The molecule has 0 rings (SSSR count). The average Bonchev–Trinajstić information content (AvgIpc) is 2.25. The van der Waals surface area contributed by atoms with E-state index in [4.69, 9.17) is 0 Å². The fraction of sp³-hybridized carbons (Fsp3) is 0.500. The zero-order valence-corrected chi connectivity index (χ0v) is 10.0. The van der Waals surface area contributed by atoms with Crippen molar-refractivity contribution in [3.8, 4) is 0 Å². The summed E-state index contributed by atoms with van der Waals surface area (Å²) >= 11 is 0. The molecule has 0 radical (unpaired) electrons. The first-order valence-electron chi connectivity index (χ1n) is 5.13. The van der Waals surface area contributed by atoms with Crippen LogP contribution < -0.4 is 10.2 Å². The summed E-state index contributed by atoms with van der Waals surface area (Å²) in [5.74, 6) is -2.22. The van der Waals surface area contributed by atoms with Gasteiger partial charge in [0.2, 0.25) is 0 Å². The fourth-order valence-electron chi connectivity index (χ4n) is 0.589. The first kappa shape index (κ1) is 16.8. The number of carboxylic acids is 2. The summed E-state index contributed by atoms with van der Waals surface area (Å²) in [6.45, 7) is 8.48. The van der Waals surface area contributed by atoms with Crippen molar-refractivity contribution < 1.29 is 19.8 Å². The minimum atomic E-state index is -1.15. The molecule has 92 valence electrons. The zero-order valence-electron chi connectivity index (χ0n) is 10.0. The molecule has 0 aliphatic carbocycles. The molecule has 0 atom stereocenters. The molecule has 4 nitrogen and oxygen atoms in total. The lowest BCUT2D eigenvalue weighted by Gasteiger charge is -1.99. The number of carbonyl (C=O) groups is 2. The number of allylic oxidation sites excluding steroid dienone is 1. The lowest BCUT2D eigenvalue weighted by molar-refractivity contribution is -0.300. The second-order valence-corrected chi connectivity index (χ2v) is 3.21. The lowest BCUT2D eigenvalue weighted by atomic mass is 10.2. The van der Waals surface area contributed by atoms with Crippen molar-refractivity contribution in [1.29, 1.82) is 0 Å². The van der Waals surface area contributed by atoms with E-state index in [-0.39, 0.29) is 5.57 Å². The van der Waals surface area contributed by atoms with Crippen LogP contribution in [0.5, 0.6) is 0 Å². The number of hydrogen-bond acceptors (Lipinski definition) is 4. The highest BCUT2D eigenvalue weighted by molar-refractivity contribution is 5.84.